The van der Waals surface area contributed by atoms with E-state index in [9.17, 15) is 14.7 Å². The lowest BCUT2D eigenvalue weighted by Crippen LogP contribution is -2.38. The van der Waals surface area contributed by atoms with Crippen LogP contribution in [-0.4, -0.2) is 37.5 Å². The zero-order valence-electron chi connectivity index (χ0n) is 11.4. The minimum Gasteiger partial charge on any atom is -0.479 e. The van der Waals surface area contributed by atoms with E-state index in [0.29, 0.717) is 5.56 Å². The largest absolute Gasteiger partial charge is 0.479 e. The van der Waals surface area contributed by atoms with Crippen molar-refractivity contribution in [1.29, 1.82) is 0 Å². The maximum absolute atomic E-state index is 12.1. The fraction of sp³-hybridized carbons (Fsp3) is 0.583. The molecule has 1 aromatic heterocycles. The molecule has 104 valence electrons. The highest BCUT2D eigenvalue weighted by Gasteiger charge is 2.42. The molecule has 1 aliphatic heterocycles. The average Bonchev–Trinajstić information content (AvgIpc) is 2.76. The van der Waals surface area contributed by atoms with E-state index in [1.54, 1.807) is 32.5 Å². The maximum Gasteiger partial charge on any atom is 0.411 e. The molecule has 2 heterocycles. The third-order valence-corrected chi connectivity index (χ3v) is 2.88. The number of aromatic nitrogens is 2. The van der Waals surface area contributed by atoms with E-state index in [1.807, 2.05) is 0 Å². The van der Waals surface area contributed by atoms with Crippen LogP contribution in [0.5, 0.6) is 0 Å². The van der Waals surface area contributed by atoms with E-state index in [-0.39, 0.29) is 6.54 Å². The van der Waals surface area contributed by atoms with Crippen LogP contribution in [0.4, 0.5) is 4.79 Å². The third-order valence-electron chi connectivity index (χ3n) is 2.88. The minimum atomic E-state index is -1.09. The van der Waals surface area contributed by atoms with E-state index in [0.717, 1.165) is 5.69 Å². The standard InChI is InChI=1S/C12H17N3O4/c1-12(2,3)19-11(18)15-6-8-7(5-13-14(8)4)9(15)10(16)17/h5,9H,6H2,1-4H3,(H,16,17)/t9-/m1/s1. The highest BCUT2D eigenvalue weighted by Crippen LogP contribution is 2.34. The van der Waals surface area contributed by atoms with Gasteiger partial charge in [-0.3, -0.25) is 9.58 Å². The first-order chi connectivity index (χ1) is 8.70. The molecule has 19 heavy (non-hydrogen) atoms. The van der Waals surface area contributed by atoms with Gasteiger partial charge < -0.3 is 9.84 Å². The van der Waals surface area contributed by atoms with Gasteiger partial charge in [0, 0.05) is 12.6 Å². The van der Waals surface area contributed by atoms with E-state index in [2.05, 4.69) is 5.10 Å². The van der Waals surface area contributed by atoms with Crippen LogP contribution in [0.3, 0.4) is 0 Å². The lowest BCUT2D eigenvalue weighted by Gasteiger charge is -2.26. The van der Waals surface area contributed by atoms with E-state index >= 15 is 0 Å². The molecule has 0 bridgehead atoms. The van der Waals surface area contributed by atoms with Gasteiger partial charge in [-0.1, -0.05) is 0 Å². The van der Waals surface area contributed by atoms with Crippen molar-refractivity contribution in [3.05, 3.63) is 17.5 Å². The first-order valence-electron chi connectivity index (χ1n) is 5.94. The van der Waals surface area contributed by atoms with E-state index in [1.165, 1.54) is 11.1 Å². The van der Waals surface area contributed by atoms with Crippen LogP contribution in [0, 0.1) is 0 Å². The van der Waals surface area contributed by atoms with Crippen molar-refractivity contribution in [2.45, 2.75) is 39.0 Å². The van der Waals surface area contributed by atoms with Crippen LogP contribution in [0.15, 0.2) is 6.20 Å². The quantitative estimate of drug-likeness (QED) is 0.829. The zero-order valence-corrected chi connectivity index (χ0v) is 11.4. The smallest absolute Gasteiger partial charge is 0.411 e. The summed E-state index contributed by atoms with van der Waals surface area (Å²) in [6.07, 6.45) is 0.856. The Labute approximate surface area is 110 Å². The molecule has 0 radical (unpaired) electrons. The Morgan fingerprint density at radius 3 is 2.63 bits per heavy atom. The van der Waals surface area contributed by atoms with Gasteiger partial charge in [-0.2, -0.15) is 5.10 Å². The predicted octanol–water partition coefficient (Wildman–Crippen LogP) is 1.30. The Morgan fingerprint density at radius 1 is 1.47 bits per heavy atom. The molecular weight excluding hydrogens is 250 g/mol. The molecule has 1 N–H and O–H groups in total. The number of fused-ring (bicyclic) bond motifs is 1. The van der Waals surface area contributed by atoms with Crippen molar-refractivity contribution in [2.24, 2.45) is 7.05 Å². The molecule has 2 rings (SSSR count). The molecule has 0 fully saturated rings. The Kier molecular flexibility index (Phi) is 3.00. The van der Waals surface area contributed by atoms with Crippen molar-refractivity contribution in [3.63, 3.8) is 0 Å². The number of ether oxygens (including phenoxy) is 1. The van der Waals surface area contributed by atoms with Gasteiger partial charge in [0.2, 0.25) is 0 Å². The number of aliphatic carboxylic acids is 1. The van der Waals surface area contributed by atoms with Crippen molar-refractivity contribution >= 4 is 12.1 Å². The second kappa shape index (κ2) is 4.25. The molecule has 0 saturated heterocycles. The number of amides is 1. The van der Waals surface area contributed by atoms with E-state index in [4.69, 9.17) is 4.74 Å². The molecule has 0 saturated carbocycles. The molecule has 7 nitrogen and oxygen atoms in total. The van der Waals surface area contributed by atoms with Crippen LogP contribution >= 0.6 is 0 Å². The molecule has 1 aromatic rings. The zero-order chi connectivity index (χ0) is 14.4. The summed E-state index contributed by atoms with van der Waals surface area (Å²) in [7, 11) is 1.72. The molecule has 1 amide bonds. The molecule has 0 aliphatic carbocycles. The number of carbonyl (C=O) groups excluding carboxylic acids is 1. The van der Waals surface area contributed by atoms with Gasteiger partial charge in [0.1, 0.15) is 5.60 Å². The Bertz CT molecular complexity index is 530. The van der Waals surface area contributed by atoms with Crippen molar-refractivity contribution in [1.82, 2.24) is 14.7 Å². The number of rotatable bonds is 1. The van der Waals surface area contributed by atoms with Crippen LogP contribution in [0.2, 0.25) is 0 Å². The summed E-state index contributed by atoms with van der Waals surface area (Å²) in [6, 6.07) is -1.03. The Balaban J connectivity index is 2.28. The minimum absolute atomic E-state index is 0.192. The summed E-state index contributed by atoms with van der Waals surface area (Å²) in [5.41, 5.74) is 0.604. The summed E-state index contributed by atoms with van der Waals surface area (Å²) >= 11 is 0. The summed E-state index contributed by atoms with van der Waals surface area (Å²) < 4.78 is 6.82. The number of aryl methyl sites for hydroxylation is 1. The molecule has 0 spiro atoms. The number of hydrogen-bond donors (Lipinski definition) is 1. The topological polar surface area (TPSA) is 84.7 Å². The third kappa shape index (κ3) is 2.40. The maximum atomic E-state index is 12.1. The van der Waals surface area contributed by atoms with Gasteiger partial charge in [0.25, 0.3) is 0 Å². The lowest BCUT2D eigenvalue weighted by atomic mass is 10.1. The van der Waals surface area contributed by atoms with Gasteiger partial charge in [0.15, 0.2) is 6.04 Å². The number of hydrogen-bond acceptors (Lipinski definition) is 4. The normalized spacial score (nSPS) is 18.3. The number of carbonyl (C=O) groups is 2. The van der Waals surface area contributed by atoms with Crippen LogP contribution < -0.4 is 0 Å². The first kappa shape index (κ1) is 13.4. The number of carboxylic acid groups (broad SMARTS) is 1. The molecular formula is C12H17N3O4. The summed E-state index contributed by atoms with van der Waals surface area (Å²) in [5, 5.41) is 13.3. The predicted molar refractivity (Wildman–Crippen MR) is 65.4 cm³/mol. The SMILES string of the molecule is Cn1ncc2c1CN(C(=O)OC(C)(C)C)[C@H]2C(=O)O. The molecule has 1 aliphatic rings. The monoisotopic (exact) mass is 267 g/mol. The number of nitrogens with zero attached hydrogens (tertiary/aromatic N) is 3. The van der Waals surface area contributed by atoms with Crippen LogP contribution in [0.1, 0.15) is 38.1 Å². The fourth-order valence-electron chi connectivity index (χ4n) is 2.08. The number of carboxylic acids is 1. The van der Waals surface area contributed by atoms with Gasteiger partial charge >= 0.3 is 12.1 Å². The van der Waals surface area contributed by atoms with Gasteiger partial charge in [-0.05, 0) is 20.8 Å². The highest BCUT2D eigenvalue weighted by molar-refractivity contribution is 5.83. The van der Waals surface area contributed by atoms with E-state index < -0.39 is 23.7 Å². The van der Waals surface area contributed by atoms with Crippen molar-refractivity contribution in [2.75, 3.05) is 0 Å². The second-order valence-electron chi connectivity index (χ2n) is 5.52. The van der Waals surface area contributed by atoms with Crippen LogP contribution in [0.25, 0.3) is 0 Å². The van der Waals surface area contributed by atoms with Crippen LogP contribution in [-0.2, 0) is 23.1 Å². The average molecular weight is 267 g/mol. The fourth-order valence-corrected chi connectivity index (χ4v) is 2.08. The molecule has 7 heteroatoms. The molecule has 1 atom stereocenters. The highest BCUT2D eigenvalue weighted by atomic mass is 16.6. The van der Waals surface area contributed by atoms with Gasteiger partial charge in [-0.15, -0.1) is 0 Å². The Morgan fingerprint density at radius 2 is 2.11 bits per heavy atom. The summed E-state index contributed by atoms with van der Waals surface area (Å²) in [5.74, 6) is -1.09. The lowest BCUT2D eigenvalue weighted by molar-refractivity contribution is -0.143. The second-order valence-corrected chi connectivity index (χ2v) is 5.52. The Hall–Kier alpha value is -2.05. The summed E-state index contributed by atoms with van der Waals surface area (Å²) in [6.45, 7) is 5.42. The van der Waals surface area contributed by atoms with Gasteiger partial charge in [0.05, 0.1) is 18.4 Å². The van der Waals surface area contributed by atoms with Crippen molar-refractivity contribution in [3.8, 4) is 0 Å². The summed E-state index contributed by atoms with van der Waals surface area (Å²) in [4.78, 5) is 24.6. The molecule has 0 unspecified atom stereocenters. The van der Waals surface area contributed by atoms with Gasteiger partial charge in [-0.25, -0.2) is 9.59 Å². The first-order valence-corrected chi connectivity index (χ1v) is 5.94. The van der Waals surface area contributed by atoms with Crippen molar-refractivity contribution < 1.29 is 19.4 Å². The molecule has 0 aromatic carbocycles.